The average molecular weight is 399 g/mol. The lowest BCUT2D eigenvalue weighted by Gasteiger charge is -2.36. The topological polar surface area (TPSA) is 85.2 Å². The van der Waals surface area contributed by atoms with E-state index in [4.69, 9.17) is 9.47 Å². The largest absolute Gasteiger partial charge is 0.493 e. The summed E-state index contributed by atoms with van der Waals surface area (Å²) in [7, 11) is 3.12. The van der Waals surface area contributed by atoms with Gasteiger partial charge in [-0.3, -0.25) is 19.8 Å². The van der Waals surface area contributed by atoms with Gasteiger partial charge in [-0.1, -0.05) is 0 Å². The lowest BCUT2D eigenvalue weighted by atomic mass is 10.1. The minimum atomic E-state index is -0.392. The molecule has 29 heavy (non-hydrogen) atoms. The first kappa shape index (κ1) is 20.6. The minimum absolute atomic E-state index is 0.0729. The van der Waals surface area contributed by atoms with Gasteiger partial charge in [0.15, 0.2) is 17.3 Å². The van der Waals surface area contributed by atoms with Crippen molar-refractivity contribution in [1.82, 2.24) is 4.90 Å². The molecule has 0 N–H and O–H groups in total. The fourth-order valence-corrected chi connectivity index (χ4v) is 3.43. The zero-order chi connectivity index (χ0) is 20.8. The van der Waals surface area contributed by atoms with Gasteiger partial charge in [0.05, 0.1) is 19.1 Å². The van der Waals surface area contributed by atoms with Crippen molar-refractivity contribution in [1.29, 1.82) is 0 Å². The van der Waals surface area contributed by atoms with Crippen molar-refractivity contribution < 1.29 is 19.2 Å². The number of non-ortho nitro benzene ring substituents is 1. The molecule has 0 amide bonds. The molecule has 2 aromatic carbocycles. The Morgan fingerprint density at radius 3 is 2.24 bits per heavy atom. The number of carbonyl (C=O) groups excluding carboxylic acids is 1. The number of nitro benzene ring substituents is 1. The Morgan fingerprint density at radius 1 is 1.00 bits per heavy atom. The number of anilines is 1. The number of methoxy groups -OCH3 is 2. The Hall–Kier alpha value is -3.13. The molecular weight excluding hydrogens is 374 g/mol. The zero-order valence-electron chi connectivity index (χ0n) is 16.7. The van der Waals surface area contributed by atoms with E-state index in [9.17, 15) is 14.9 Å². The standard InChI is InChI=1S/C21H25N3O5/c1-28-20-8-3-16(15-21(20)29-2)19(25)9-10-22-11-13-23(14-12-22)17-4-6-18(7-5-17)24(26)27/h3-8,15H,9-14H2,1-2H3. The number of Topliss-reactive ketones (excluding diaryl/α,β-unsaturated/α-hetero) is 1. The molecule has 1 aliphatic heterocycles. The number of benzene rings is 2. The molecule has 0 unspecified atom stereocenters. The van der Waals surface area contributed by atoms with Gasteiger partial charge in [0, 0.05) is 62.5 Å². The van der Waals surface area contributed by atoms with Crippen LogP contribution in [0.15, 0.2) is 42.5 Å². The van der Waals surface area contributed by atoms with E-state index in [1.807, 2.05) is 0 Å². The normalized spacial score (nSPS) is 14.5. The zero-order valence-corrected chi connectivity index (χ0v) is 16.7. The average Bonchev–Trinajstić information content (AvgIpc) is 2.77. The maximum atomic E-state index is 12.5. The molecule has 1 saturated heterocycles. The smallest absolute Gasteiger partial charge is 0.269 e. The monoisotopic (exact) mass is 399 g/mol. The Morgan fingerprint density at radius 2 is 1.66 bits per heavy atom. The highest BCUT2D eigenvalue weighted by atomic mass is 16.6. The summed E-state index contributed by atoms with van der Waals surface area (Å²) >= 11 is 0. The third-order valence-corrected chi connectivity index (χ3v) is 5.16. The van der Waals surface area contributed by atoms with Crippen LogP contribution in [0.25, 0.3) is 0 Å². The van der Waals surface area contributed by atoms with Gasteiger partial charge in [0.25, 0.3) is 5.69 Å². The molecule has 154 valence electrons. The van der Waals surface area contributed by atoms with Crippen molar-refractivity contribution in [3.63, 3.8) is 0 Å². The van der Waals surface area contributed by atoms with Crippen LogP contribution in [0.1, 0.15) is 16.8 Å². The molecule has 1 aliphatic rings. The Bertz CT molecular complexity index is 861. The highest BCUT2D eigenvalue weighted by molar-refractivity contribution is 5.96. The molecule has 8 nitrogen and oxygen atoms in total. The van der Waals surface area contributed by atoms with E-state index in [0.29, 0.717) is 30.0 Å². The van der Waals surface area contributed by atoms with E-state index in [2.05, 4.69) is 9.80 Å². The number of nitro groups is 1. The van der Waals surface area contributed by atoms with E-state index >= 15 is 0 Å². The van der Waals surface area contributed by atoms with Crippen LogP contribution in [0.5, 0.6) is 11.5 Å². The molecular formula is C21H25N3O5. The van der Waals surface area contributed by atoms with E-state index in [0.717, 1.165) is 31.9 Å². The highest BCUT2D eigenvalue weighted by Crippen LogP contribution is 2.28. The summed E-state index contributed by atoms with van der Waals surface area (Å²) in [6.45, 7) is 4.03. The van der Waals surface area contributed by atoms with Crippen LogP contribution in [0.2, 0.25) is 0 Å². The first-order valence-corrected chi connectivity index (χ1v) is 9.49. The molecule has 0 saturated carbocycles. The van der Waals surface area contributed by atoms with Gasteiger partial charge >= 0.3 is 0 Å². The van der Waals surface area contributed by atoms with Crippen LogP contribution in [0.3, 0.4) is 0 Å². The molecule has 0 spiro atoms. The summed E-state index contributed by atoms with van der Waals surface area (Å²) in [6.07, 6.45) is 0.438. The molecule has 2 aromatic rings. The molecule has 0 aliphatic carbocycles. The van der Waals surface area contributed by atoms with E-state index < -0.39 is 4.92 Å². The summed E-state index contributed by atoms with van der Waals surface area (Å²) < 4.78 is 10.5. The van der Waals surface area contributed by atoms with Crippen LogP contribution in [-0.2, 0) is 0 Å². The Kier molecular flexibility index (Phi) is 6.66. The van der Waals surface area contributed by atoms with Gasteiger partial charge in [-0.15, -0.1) is 0 Å². The Labute approximate surface area is 169 Å². The molecule has 1 fully saturated rings. The number of rotatable bonds is 8. The maximum Gasteiger partial charge on any atom is 0.269 e. The number of hydrogen-bond acceptors (Lipinski definition) is 7. The van der Waals surface area contributed by atoms with Gasteiger partial charge in [-0.05, 0) is 30.3 Å². The van der Waals surface area contributed by atoms with Gasteiger partial charge in [-0.2, -0.15) is 0 Å². The molecule has 0 bridgehead atoms. The van der Waals surface area contributed by atoms with Gasteiger partial charge in [0.2, 0.25) is 0 Å². The predicted octanol–water partition coefficient (Wildman–Crippen LogP) is 3.01. The quantitative estimate of drug-likeness (QED) is 0.383. The SMILES string of the molecule is COc1ccc(C(=O)CCN2CCN(c3ccc([N+](=O)[O-])cc3)CC2)cc1OC. The first-order chi connectivity index (χ1) is 14.0. The number of ketones is 1. The molecule has 3 rings (SSSR count). The molecule has 8 heteroatoms. The van der Waals surface area contributed by atoms with Crippen LogP contribution in [0, 0.1) is 10.1 Å². The second-order valence-electron chi connectivity index (χ2n) is 6.85. The number of ether oxygens (including phenoxy) is 2. The van der Waals surface area contributed by atoms with Crippen LogP contribution >= 0.6 is 0 Å². The van der Waals surface area contributed by atoms with Gasteiger partial charge < -0.3 is 14.4 Å². The number of nitrogens with zero attached hydrogens (tertiary/aromatic N) is 3. The lowest BCUT2D eigenvalue weighted by molar-refractivity contribution is -0.384. The van der Waals surface area contributed by atoms with Crippen molar-refractivity contribution in [3.05, 3.63) is 58.1 Å². The number of hydrogen-bond donors (Lipinski definition) is 0. The van der Waals surface area contributed by atoms with E-state index in [1.165, 1.54) is 12.1 Å². The summed E-state index contributed by atoms with van der Waals surface area (Å²) in [5.74, 6) is 1.23. The van der Waals surface area contributed by atoms with Crippen molar-refractivity contribution in [2.75, 3.05) is 51.8 Å². The summed E-state index contributed by atoms with van der Waals surface area (Å²) in [5, 5.41) is 10.8. The first-order valence-electron chi connectivity index (χ1n) is 9.49. The molecule has 0 aromatic heterocycles. The molecule has 0 atom stereocenters. The number of carbonyl (C=O) groups is 1. The third kappa shape index (κ3) is 5.03. The summed E-state index contributed by atoms with van der Waals surface area (Å²) in [5.41, 5.74) is 1.70. The summed E-state index contributed by atoms with van der Waals surface area (Å²) in [6, 6.07) is 11.9. The van der Waals surface area contributed by atoms with Crippen LogP contribution < -0.4 is 14.4 Å². The predicted molar refractivity (Wildman–Crippen MR) is 110 cm³/mol. The van der Waals surface area contributed by atoms with Crippen LogP contribution in [-0.4, -0.2) is 62.5 Å². The third-order valence-electron chi connectivity index (χ3n) is 5.16. The van der Waals surface area contributed by atoms with Crippen molar-refractivity contribution >= 4 is 17.2 Å². The van der Waals surface area contributed by atoms with Crippen LogP contribution in [0.4, 0.5) is 11.4 Å². The van der Waals surface area contributed by atoms with Crippen molar-refractivity contribution in [2.24, 2.45) is 0 Å². The number of piperazine rings is 1. The second-order valence-corrected chi connectivity index (χ2v) is 6.85. The Balaban J connectivity index is 1.49. The van der Waals surface area contributed by atoms with Crippen molar-refractivity contribution in [2.45, 2.75) is 6.42 Å². The fourth-order valence-electron chi connectivity index (χ4n) is 3.43. The molecule has 0 radical (unpaired) electrons. The molecule has 1 heterocycles. The maximum absolute atomic E-state index is 12.5. The highest BCUT2D eigenvalue weighted by Gasteiger charge is 2.19. The van der Waals surface area contributed by atoms with E-state index in [-0.39, 0.29) is 11.5 Å². The second kappa shape index (κ2) is 9.38. The van der Waals surface area contributed by atoms with Gasteiger partial charge in [0.1, 0.15) is 0 Å². The summed E-state index contributed by atoms with van der Waals surface area (Å²) in [4.78, 5) is 27.4. The van der Waals surface area contributed by atoms with Crippen molar-refractivity contribution in [3.8, 4) is 11.5 Å². The lowest BCUT2D eigenvalue weighted by Crippen LogP contribution is -2.46. The van der Waals surface area contributed by atoms with Gasteiger partial charge in [-0.25, -0.2) is 0 Å². The minimum Gasteiger partial charge on any atom is -0.493 e. The fraction of sp³-hybridized carbons (Fsp3) is 0.381. The van der Waals surface area contributed by atoms with E-state index in [1.54, 1.807) is 44.6 Å².